The minimum atomic E-state index is -1.04. The van der Waals surface area contributed by atoms with Crippen molar-refractivity contribution in [2.24, 2.45) is 0 Å². The molecule has 0 bridgehead atoms. The molecule has 8 heteroatoms. The number of fused-ring (bicyclic) bond motifs is 1. The summed E-state index contributed by atoms with van der Waals surface area (Å²) < 4.78 is 42.2. The number of aromatic nitrogens is 3. The van der Waals surface area contributed by atoms with Crippen LogP contribution in [-0.4, -0.2) is 28.0 Å². The van der Waals surface area contributed by atoms with Crippen LogP contribution in [0.4, 0.5) is 18.9 Å². The summed E-state index contributed by atoms with van der Waals surface area (Å²) >= 11 is 6.27. The lowest BCUT2D eigenvalue weighted by atomic mass is 10.0. The SMILES string of the molecule is Fc1cc(F)c(-c2c(Cl)nc3nccnc3c2N2CCCC2)c(F)c1. The Morgan fingerprint density at radius 3 is 2.24 bits per heavy atom. The molecule has 1 aliphatic rings. The summed E-state index contributed by atoms with van der Waals surface area (Å²) in [6.07, 6.45) is 4.84. The van der Waals surface area contributed by atoms with Crippen molar-refractivity contribution >= 4 is 28.5 Å². The highest BCUT2D eigenvalue weighted by Gasteiger charge is 2.28. The van der Waals surface area contributed by atoms with Crippen molar-refractivity contribution in [1.82, 2.24) is 15.0 Å². The van der Waals surface area contributed by atoms with E-state index in [9.17, 15) is 13.2 Å². The van der Waals surface area contributed by atoms with Gasteiger partial charge in [-0.3, -0.25) is 0 Å². The van der Waals surface area contributed by atoms with Gasteiger partial charge in [-0.15, -0.1) is 0 Å². The Bertz CT molecular complexity index is 951. The van der Waals surface area contributed by atoms with Crippen molar-refractivity contribution in [3.63, 3.8) is 0 Å². The fourth-order valence-electron chi connectivity index (χ4n) is 3.20. The third-order valence-corrected chi connectivity index (χ3v) is 4.50. The largest absolute Gasteiger partial charge is 0.369 e. The summed E-state index contributed by atoms with van der Waals surface area (Å²) in [7, 11) is 0. The number of nitrogens with zero attached hydrogens (tertiary/aromatic N) is 4. The lowest BCUT2D eigenvalue weighted by Gasteiger charge is -2.23. The summed E-state index contributed by atoms with van der Waals surface area (Å²) in [5, 5.41) is -0.0979. The fourth-order valence-corrected chi connectivity index (χ4v) is 3.46. The van der Waals surface area contributed by atoms with E-state index in [1.807, 2.05) is 4.90 Å². The summed E-state index contributed by atoms with van der Waals surface area (Å²) in [6.45, 7) is 1.40. The first-order chi connectivity index (χ1) is 12.1. The Hall–Kier alpha value is -2.41. The second-order valence-electron chi connectivity index (χ2n) is 5.79. The van der Waals surface area contributed by atoms with Crippen molar-refractivity contribution in [1.29, 1.82) is 0 Å². The normalized spacial score (nSPS) is 14.5. The number of anilines is 1. The molecule has 1 saturated heterocycles. The molecule has 2 aromatic heterocycles. The summed E-state index contributed by atoms with van der Waals surface area (Å²) in [5.74, 6) is -3.07. The number of benzene rings is 1. The highest BCUT2D eigenvalue weighted by atomic mass is 35.5. The smallest absolute Gasteiger partial charge is 0.181 e. The number of pyridine rings is 1. The Labute approximate surface area is 146 Å². The number of halogens is 4. The monoisotopic (exact) mass is 364 g/mol. The maximum atomic E-state index is 14.4. The van der Waals surface area contributed by atoms with Crippen molar-refractivity contribution in [3.8, 4) is 11.1 Å². The van der Waals surface area contributed by atoms with Crippen LogP contribution in [0.3, 0.4) is 0 Å². The minimum absolute atomic E-state index is 0.0755. The van der Waals surface area contributed by atoms with E-state index in [-0.39, 0.29) is 10.7 Å². The van der Waals surface area contributed by atoms with Gasteiger partial charge in [-0.1, -0.05) is 11.6 Å². The van der Waals surface area contributed by atoms with E-state index >= 15 is 0 Å². The van der Waals surface area contributed by atoms with Crippen LogP contribution in [-0.2, 0) is 0 Å². The molecule has 1 aromatic carbocycles. The molecule has 0 radical (unpaired) electrons. The first-order valence-corrected chi connectivity index (χ1v) is 8.14. The third kappa shape index (κ3) is 2.68. The minimum Gasteiger partial charge on any atom is -0.369 e. The number of hydrogen-bond acceptors (Lipinski definition) is 4. The molecule has 1 fully saturated rings. The Morgan fingerprint density at radius 2 is 1.56 bits per heavy atom. The van der Waals surface area contributed by atoms with E-state index in [0.29, 0.717) is 42.1 Å². The average Bonchev–Trinajstić information content (AvgIpc) is 3.08. The molecular weight excluding hydrogens is 353 g/mol. The lowest BCUT2D eigenvalue weighted by Crippen LogP contribution is -2.20. The molecule has 4 nitrogen and oxygen atoms in total. The van der Waals surface area contributed by atoms with Gasteiger partial charge in [0.1, 0.15) is 28.1 Å². The number of hydrogen-bond donors (Lipinski definition) is 0. The molecule has 4 rings (SSSR count). The quantitative estimate of drug-likeness (QED) is 0.633. The lowest BCUT2D eigenvalue weighted by molar-refractivity contribution is 0.548. The van der Waals surface area contributed by atoms with E-state index in [2.05, 4.69) is 15.0 Å². The fraction of sp³-hybridized carbons (Fsp3) is 0.235. The molecule has 0 N–H and O–H groups in total. The van der Waals surface area contributed by atoms with Crippen LogP contribution in [0, 0.1) is 17.5 Å². The summed E-state index contributed by atoms with van der Waals surface area (Å²) in [5.41, 5.74) is 0.845. The molecule has 0 amide bonds. The molecule has 0 saturated carbocycles. The zero-order chi connectivity index (χ0) is 17.6. The second kappa shape index (κ2) is 6.15. The maximum Gasteiger partial charge on any atom is 0.181 e. The van der Waals surface area contributed by atoms with Crippen LogP contribution in [0.15, 0.2) is 24.5 Å². The van der Waals surface area contributed by atoms with Crippen molar-refractivity contribution in [3.05, 3.63) is 47.1 Å². The maximum absolute atomic E-state index is 14.4. The van der Waals surface area contributed by atoms with Crippen LogP contribution in [0.25, 0.3) is 22.3 Å². The first-order valence-electron chi connectivity index (χ1n) is 7.76. The molecule has 25 heavy (non-hydrogen) atoms. The van der Waals surface area contributed by atoms with Gasteiger partial charge in [-0.25, -0.2) is 28.1 Å². The predicted octanol–water partition coefficient (Wildman–Crippen LogP) is 4.36. The van der Waals surface area contributed by atoms with Crippen molar-refractivity contribution in [2.75, 3.05) is 18.0 Å². The second-order valence-corrected chi connectivity index (χ2v) is 6.15. The van der Waals surface area contributed by atoms with E-state index < -0.39 is 23.0 Å². The Balaban J connectivity index is 2.10. The molecule has 1 aliphatic heterocycles. The van der Waals surface area contributed by atoms with Gasteiger partial charge in [0, 0.05) is 37.6 Å². The van der Waals surface area contributed by atoms with Gasteiger partial charge in [0.2, 0.25) is 0 Å². The van der Waals surface area contributed by atoms with Crippen molar-refractivity contribution in [2.45, 2.75) is 12.8 Å². The standard InChI is InChI=1S/C17H12ClF3N4/c18-16-13(12-10(20)7-9(19)8-11(12)21)15(25-5-1-2-6-25)14-17(24-16)23-4-3-22-14/h3-4,7-8H,1-2,5-6H2. The van der Waals surface area contributed by atoms with E-state index in [1.54, 1.807) is 0 Å². The van der Waals surface area contributed by atoms with Crippen LogP contribution in [0.2, 0.25) is 5.15 Å². The summed E-state index contributed by atoms with van der Waals surface area (Å²) in [4.78, 5) is 14.5. The Kier molecular flexibility index (Phi) is 3.95. The third-order valence-electron chi connectivity index (χ3n) is 4.23. The van der Waals surface area contributed by atoms with Crippen LogP contribution >= 0.6 is 11.6 Å². The molecular formula is C17H12ClF3N4. The van der Waals surface area contributed by atoms with Gasteiger partial charge < -0.3 is 4.90 Å². The van der Waals surface area contributed by atoms with Gasteiger partial charge in [0.25, 0.3) is 0 Å². The van der Waals surface area contributed by atoms with Gasteiger partial charge in [-0.2, -0.15) is 0 Å². The van der Waals surface area contributed by atoms with E-state index in [4.69, 9.17) is 11.6 Å². The molecule has 0 aliphatic carbocycles. The Morgan fingerprint density at radius 1 is 0.920 bits per heavy atom. The van der Waals surface area contributed by atoms with Gasteiger partial charge >= 0.3 is 0 Å². The van der Waals surface area contributed by atoms with Gasteiger partial charge in [0.15, 0.2) is 5.65 Å². The van der Waals surface area contributed by atoms with Crippen molar-refractivity contribution < 1.29 is 13.2 Å². The zero-order valence-corrected chi connectivity index (χ0v) is 13.7. The van der Waals surface area contributed by atoms with Gasteiger partial charge in [0.05, 0.1) is 16.8 Å². The van der Waals surface area contributed by atoms with E-state index in [0.717, 1.165) is 12.8 Å². The van der Waals surface area contributed by atoms with Gasteiger partial charge in [-0.05, 0) is 12.8 Å². The molecule has 0 spiro atoms. The topological polar surface area (TPSA) is 41.9 Å². The molecule has 3 heterocycles. The first kappa shape index (κ1) is 16.1. The molecule has 0 atom stereocenters. The van der Waals surface area contributed by atoms with Crippen LogP contribution in [0.5, 0.6) is 0 Å². The number of rotatable bonds is 2. The van der Waals surface area contributed by atoms with Crippen LogP contribution in [0.1, 0.15) is 12.8 Å². The highest BCUT2D eigenvalue weighted by Crippen LogP contribution is 2.43. The zero-order valence-electron chi connectivity index (χ0n) is 12.9. The summed E-state index contributed by atoms with van der Waals surface area (Å²) in [6, 6.07) is 1.26. The molecule has 128 valence electrons. The van der Waals surface area contributed by atoms with E-state index in [1.165, 1.54) is 12.4 Å². The predicted molar refractivity (Wildman–Crippen MR) is 89.1 cm³/mol. The average molecular weight is 365 g/mol. The molecule has 3 aromatic rings. The highest BCUT2D eigenvalue weighted by molar-refractivity contribution is 6.33. The molecule has 0 unspecified atom stereocenters. The van der Waals surface area contributed by atoms with Crippen LogP contribution < -0.4 is 4.90 Å².